The molecule has 0 rings (SSSR count). The molecule has 0 aliphatic carbocycles. The minimum atomic E-state index is -1.52. The minimum absolute atomic E-state index is 0.179. The van der Waals surface area contributed by atoms with Crippen LogP contribution in [0.25, 0.3) is 0 Å². The Balaban J connectivity index is 4.02. The molecule has 0 fully saturated rings. The zero-order chi connectivity index (χ0) is 54.1. The normalized spacial score (nSPS) is 13.0. The van der Waals surface area contributed by atoms with Gasteiger partial charge in [0.05, 0.1) is 34.4 Å². The Kier molecular flexibility index (Phi) is 54.4. The summed E-state index contributed by atoms with van der Waals surface area (Å²) in [5.74, 6) is -2.05. The van der Waals surface area contributed by atoms with Crippen LogP contribution in [-0.2, 0) is 33.3 Å². The number of likely N-dealkylation sites (N-methyl/N-ethyl adjacent to an activating group) is 1. The highest BCUT2D eigenvalue weighted by Gasteiger charge is 2.25. The molecular weight excluding hydrogens is 923 g/mol. The maximum absolute atomic E-state index is 12.8. The predicted molar refractivity (Wildman–Crippen MR) is 314 cm³/mol. The average Bonchev–Trinajstić information content (AvgIpc) is 3.37. The molecule has 9 nitrogen and oxygen atoms in total. The van der Waals surface area contributed by atoms with Crippen molar-refractivity contribution in [2.24, 2.45) is 0 Å². The van der Waals surface area contributed by atoms with Crippen LogP contribution in [0.2, 0.25) is 0 Å². The lowest BCUT2D eigenvalue weighted by Crippen LogP contribution is -2.40. The van der Waals surface area contributed by atoms with Crippen molar-refractivity contribution in [2.45, 2.75) is 302 Å². The molecule has 0 aromatic carbocycles. The van der Waals surface area contributed by atoms with Crippen molar-refractivity contribution in [1.29, 1.82) is 0 Å². The predicted octanol–water partition coefficient (Wildman–Crippen LogP) is 18.6. The van der Waals surface area contributed by atoms with Gasteiger partial charge in [-0.2, -0.15) is 0 Å². The van der Waals surface area contributed by atoms with Gasteiger partial charge in [-0.25, -0.2) is 4.79 Å². The molecular formula is C65H120NO8+. The third-order valence-electron chi connectivity index (χ3n) is 13.8. The Morgan fingerprint density at radius 2 is 0.770 bits per heavy atom. The number of nitrogens with zero attached hydrogens (tertiary/aromatic N) is 1. The second-order valence-corrected chi connectivity index (χ2v) is 22.3. The van der Waals surface area contributed by atoms with Crippen molar-refractivity contribution >= 4 is 17.9 Å². The van der Waals surface area contributed by atoms with Gasteiger partial charge in [0, 0.05) is 12.8 Å². The van der Waals surface area contributed by atoms with Crippen molar-refractivity contribution < 1.29 is 42.9 Å². The summed E-state index contributed by atoms with van der Waals surface area (Å²) in [5, 5.41) is 9.69. The van der Waals surface area contributed by atoms with Crippen LogP contribution in [0, 0.1) is 0 Å². The molecule has 0 aliphatic heterocycles. The molecule has 432 valence electrons. The van der Waals surface area contributed by atoms with Gasteiger partial charge in [-0.3, -0.25) is 9.59 Å². The third-order valence-corrected chi connectivity index (χ3v) is 13.8. The van der Waals surface area contributed by atoms with Gasteiger partial charge in [0.1, 0.15) is 13.2 Å². The van der Waals surface area contributed by atoms with Crippen LogP contribution in [0.15, 0.2) is 48.6 Å². The van der Waals surface area contributed by atoms with E-state index in [0.29, 0.717) is 23.9 Å². The lowest BCUT2D eigenvalue weighted by molar-refractivity contribution is -0.870. The first-order valence-electron chi connectivity index (χ1n) is 31.3. The van der Waals surface area contributed by atoms with E-state index in [1.54, 1.807) is 0 Å². The summed E-state index contributed by atoms with van der Waals surface area (Å²) < 4.78 is 22.8. The number of unbranched alkanes of at least 4 members (excludes halogenated alkanes) is 35. The smallest absolute Gasteiger partial charge is 0.361 e. The SMILES string of the molecule is CC/C=C\C/C=C\C/C=C\C/C=C\CCCCC(=O)OC(COC(=O)CCCCCCCCCCCCCCCCCCCCCCCCCCCCCCCCCCCC)COC(OCC[N+](C)(C)C)C(=O)O. The second kappa shape index (κ2) is 56.5. The van der Waals surface area contributed by atoms with Crippen LogP contribution in [0.1, 0.15) is 290 Å². The number of carboxylic acid groups (broad SMARTS) is 1. The fourth-order valence-electron chi connectivity index (χ4n) is 9.07. The molecule has 0 aromatic rings. The molecule has 1 N–H and O–H groups in total. The van der Waals surface area contributed by atoms with E-state index in [1.165, 1.54) is 199 Å². The van der Waals surface area contributed by atoms with E-state index in [2.05, 4.69) is 62.5 Å². The molecule has 0 aliphatic rings. The summed E-state index contributed by atoms with van der Waals surface area (Å²) in [6.07, 6.45) is 68.1. The maximum Gasteiger partial charge on any atom is 0.361 e. The molecule has 74 heavy (non-hydrogen) atoms. The molecule has 2 atom stereocenters. The van der Waals surface area contributed by atoms with Crippen molar-refractivity contribution in [1.82, 2.24) is 0 Å². The van der Waals surface area contributed by atoms with Crippen LogP contribution in [0.5, 0.6) is 0 Å². The van der Waals surface area contributed by atoms with Crippen molar-refractivity contribution in [3.63, 3.8) is 0 Å². The van der Waals surface area contributed by atoms with Gasteiger partial charge >= 0.3 is 17.9 Å². The Hall–Kier alpha value is -2.75. The van der Waals surface area contributed by atoms with E-state index >= 15 is 0 Å². The van der Waals surface area contributed by atoms with Gasteiger partial charge in [0.15, 0.2) is 6.10 Å². The summed E-state index contributed by atoms with van der Waals surface area (Å²) in [5.41, 5.74) is 0. The average molecular weight is 1040 g/mol. The van der Waals surface area contributed by atoms with Gasteiger partial charge in [-0.1, -0.05) is 274 Å². The Labute approximate surface area is 457 Å². The second-order valence-electron chi connectivity index (χ2n) is 22.3. The maximum atomic E-state index is 12.8. The number of aliphatic carboxylic acids is 1. The Morgan fingerprint density at radius 1 is 0.419 bits per heavy atom. The van der Waals surface area contributed by atoms with Crippen LogP contribution >= 0.6 is 0 Å². The molecule has 2 unspecified atom stereocenters. The highest BCUT2D eigenvalue weighted by atomic mass is 16.7. The van der Waals surface area contributed by atoms with Gasteiger partial charge in [0.2, 0.25) is 0 Å². The summed E-state index contributed by atoms with van der Waals surface area (Å²) in [6.45, 7) is 4.74. The number of carbonyl (C=O) groups is 3. The summed E-state index contributed by atoms with van der Waals surface area (Å²) >= 11 is 0. The third kappa shape index (κ3) is 57.0. The number of hydrogen-bond donors (Lipinski definition) is 1. The number of rotatable bonds is 58. The zero-order valence-corrected chi connectivity index (χ0v) is 49.3. The molecule has 0 heterocycles. The fourth-order valence-corrected chi connectivity index (χ4v) is 9.07. The van der Waals surface area contributed by atoms with E-state index in [-0.39, 0.29) is 32.2 Å². The molecule has 9 heteroatoms. The van der Waals surface area contributed by atoms with E-state index in [1.807, 2.05) is 21.1 Å². The summed E-state index contributed by atoms with van der Waals surface area (Å²) in [6, 6.07) is 0. The number of allylic oxidation sites excluding steroid dienone is 8. The van der Waals surface area contributed by atoms with E-state index < -0.39 is 24.3 Å². The molecule has 0 spiro atoms. The molecule has 0 amide bonds. The monoisotopic (exact) mass is 1040 g/mol. The first-order valence-corrected chi connectivity index (χ1v) is 31.3. The zero-order valence-electron chi connectivity index (χ0n) is 49.3. The van der Waals surface area contributed by atoms with Crippen LogP contribution in [0.3, 0.4) is 0 Å². The van der Waals surface area contributed by atoms with Gasteiger partial charge in [-0.15, -0.1) is 0 Å². The first-order chi connectivity index (χ1) is 36.1. The highest BCUT2D eigenvalue weighted by Crippen LogP contribution is 2.18. The van der Waals surface area contributed by atoms with E-state index in [9.17, 15) is 19.5 Å². The lowest BCUT2D eigenvalue weighted by Gasteiger charge is -2.25. The molecule has 0 aromatic heterocycles. The van der Waals surface area contributed by atoms with Crippen LogP contribution in [-0.4, -0.2) is 87.4 Å². The van der Waals surface area contributed by atoms with Gasteiger partial charge in [-0.05, 0) is 51.4 Å². The van der Waals surface area contributed by atoms with E-state index in [0.717, 1.165) is 57.8 Å². The summed E-state index contributed by atoms with van der Waals surface area (Å²) in [4.78, 5) is 37.4. The fraction of sp³-hybridized carbons (Fsp3) is 0.831. The number of quaternary nitrogens is 1. The van der Waals surface area contributed by atoms with E-state index in [4.69, 9.17) is 18.9 Å². The minimum Gasteiger partial charge on any atom is -0.477 e. The molecule has 0 saturated heterocycles. The number of ether oxygens (including phenoxy) is 4. The molecule has 0 bridgehead atoms. The number of carbonyl (C=O) groups excluding carboxylic acids is 2. The summed E-state index contributed by atoms with van der Waals surface area (Å²) in [7, 11) is 5.96. The van der Waals surface area contributed by atoms with Crippen molar-refractivity contribution in [2.75, 3.05) is 47.5 Å². The highest BCUT2D eigenvalue weighted by molar-refractivity contribution is 5.71. The number of carboxylic acids is 1. The largest absolute Gasteiger partial charge is 0.477 e. The first kappa shape index (κ1) is 71.2. The van der Waals surface area contributed by atoms with Gasteiger partial charge in [0.25, 0.3) is 6.29 Å². The molecule has 0 saturated carbocycles. The standard InChI is InChI=1S/C65H119NO8/c1-6-8-10-12-14-16-18-20-22-23-24-25-26-27-28-29-30-31-32-33-34-35-36-37-38-39-40-42-43-45-47-49-51-53-55-62(67)72-59-61(60-73-65(64(69)70)71-58-57-66(3,4)5)74-63(68)56-54-52-50-48-46-44-41-21-19-17-15-13-11-9-7-2/h9,11,15,17,21,41,46,48,61,65H,6-8,10,12-14,16,18-20,22-40,42-45,47,49-60H2,1-5H3/p+1/b11-9-,17-15-,41-21-,48-46-. The van der Waals surface area contributed by atoms with Crippen molar-refractivity contribution in [3.8, 4) is 0 Å². The number of esters is 2. The number of hydrogen-bond acceptors (Lipinski definition) is 7. The van der Waals surface area contributed by atoms with Crippen LogP contribution in [0.4, 0.5) is 0 Å². The topological polar surface area (TPSA) is 108 Å². The Morgan fingerprint density at radius 3 is 1.15 bits per heavy atom. The van der Waals surface area contributed by atoms with Crippen LogP contribution < -0.4 is 0 Å². The van der Waals surface area contributed by atoms with Gasteiger partial charge < -0.3 is 28.5 Å². The van der Waals surface area contributed by atoms with Crippen molar-refractivity contribution in [3.05, 3.63) is 48.6 Å². The quantitative estimate of drug-likeness (QED) is 0.0211. The molecule has 0 radical (unpaired) electrons. The Bertz CT molecular complexity index is 1350. The lowest BCUT2D eigenvalue weighted by atomic mass is 10.0.